The number of carbonyl (C=O) groups is 2. The van der Waals surface area contributed by atoms with Crippen LogP contribution in [0.1, 0.15) is 52.2 Å². The van der Waals surface area contributed by atoms with Gasteiger partial charge in [-0.1, -0.05) is 48.0 Å². The van der Waals surface area contributed by atoms with Crippen molar-refractivity contribution in [3.05, 3.63) is 106 Å². The van der Waals surface area contributed by atoms with E-state index in [9.17, 15) is 14.7 Å². The van der Waals surface area contributed by atoms with Crippen LogP contribution < -0.4 is 4.90 Å². The maximum Gasteiger partial charge on any atom is 0.335 e. The third-order valence-corrected chi connectivity index (χ3v) is 9.00. The number of carboxylic acids is 1. The van der Waals surface area contributed by atoms with Crippen molar-refractivity contribution in [2.75, 3.05) is 11.4 Å². The molecule has 2 fully saturated rings. The monoisotopic (exact) mass is 534 g/mol. The zero-order valence-electron chi connectivity index (χ0n) is 21.5. The zero-order valence-corrected chi connectivity index (χ0v) is 22.3. The van der Waals surface area contributed by atoms with Gasteiger partial charge in [0.15, 0.2) is 0 Å². The third kappa shape index (κ3) is 3.87. The summed E-state index contributed by atoms with van der Waals surface area (Å²) in [5, 5.41) is 10.3. The molecule has 1 aliphatic heterocycles. The van der Waals surface area contributed by atoms with Gasteiger partial charge in [-0.25, -0.2) is 4.79 Å². The number of halogens is 1. The van der Waals surface area contributed by atoms with E-state index in [-0.39, 0.29) is 11.8 Å². The van der Waals surface area contributed by atoms with Gasteiger partial charge in [-0.15, -0.1) is 0 Å². The van der Waals surface area contributed by atoms with Crippen molar-refractivity contribution in [3.63, 3.8) is 0 Å². The predicted molar refractivity (Wildman–Crippen MR) is 152 cm³/mol. The Labute approximate surface area is 232 Å². The lowest BCUT2D eigenvalue weighted by atomic mass is 9.89. The lowest BCUT2D eigenvalue weighted by Gasteiger charge is -2.18. The second kappa shape index (κ2) is 8.78. The van der Waals surface area contributed by atoms with Crippen molar-refractivity contribution in [1.82, 2.24) is 4.98 Å². The summed E-state index contributed by atoms with van der Waals surface area (Å²) >= 11 is 6.89. The van der Waals surface area contributed by atoms with Gasteiger partial charge in [0.05, 0.1) is 16.0 Å². The number of aromatic carboxylic acids is 1. The van der Waals surface area contributed by atoms with E-state index >= 15 is 0 Å². The summed E-state index contributed by atoms with van der Waals surface area (Å²) in [6, 6.07) is 21.9. The summed E-state index contributed by atoms with van der Waals surface area (Å²) in [5.74, 6) is -0.351. The topological polar surface area (TPSA) is 70.5 Å². The van der Waals surface area contributed by atoms with Crippen LogP contribution in [0.3, 0.4) is 0 Å². The van der Waals surface area contributed by atoms with E-state index in [0.717, 1.165) is 57.5 Å². The molecule has 0 bridgehead atoms. The highest BCUT2D eigenvalue weighted by Crippen LogP contribution is 2.67. The largest absolute Gasteiger partial charge is 0.478 e. The minimum Gasteiger partial charge on any atom is -0.478 e. The molecule has 1 aromatic heterocycles. The summed E-state index contributed by atoms with van der Waals surface area (Å²) in [5.41, 5.74) is 7.24. The molecule has 2 heterocycles. The summed E-state index contributed by atoms with van der Waals surface area (Å²) in [4.78, 5) is 32.0. The Morgan fingerprint density at radius 1 is 1.00 bits per heavy atom. The Kier molecular flexibility index (Phi) is 5.43. The number of nitrogens with zero attached hydrogens (tertiary/aromatic N) is 2. The molecule has 5 nitrogen and oxygen atoms in total. The van der Waals surface area contributed by atoms with Crippen LogP contribution in [-0.2, 0) is 10.2 Å². The molecule has 2 aliphatic carbocycles. The smallest absolute Gasteiger partial charge is 0.335 e. The van der Waals surface area contributed by atoms with Crippen LogP contribution in [0, 0.1) is 12.8 Å². The molecule has 4 aromatic rings. The molecule has 2 saturated carbocycles. The number of pyridine rings is 1. The molecule has 3 aromatic carbocycles. The highest BCUT2D eigenvalue weighted by Gasteiger charge is 2.67. The van der Waals surface area contributed by atoms with Crippen molar-refractivity contribution in [3.8, 4) is 22.3 Å². The number of hydrogen-bond donors (Lipinski definition) is 1. The first-order valence-corrected chi connectivity index (χ1v) is 13.8. The first-order chi connectivity index (χ1) is 18.9. The molecule has 3 aliphatic rings. The van der Waals surface area contributed by atoms with Gasteiger partial charge in [-0.05, 0) is 95.8 Å². The van der Waals surface area contributed by atoms with Crippen molar-refractivity contribution in [1.29, 1.82) is 0 Å². The highest BCUT2D eigenvalue weighted by atomic mass is 35.5. The summed E-state index contributed by atoms with van der Waals surface area (Å²) in [6.45, 7) is 2.52. The quantitative estimate of drug-likeness (QED) is 0.282. The van der Waals surface area contributed by atoms with Crippen LogP contribution in [-0.4, -0.2) is 28.5 Å². The van der Waals surface area contributed by atoms with Gasteiger partial charge in [0.2, 0.25) is 5.91 Å². The number of anilines is 1. The molecule has 7 rings (SSSR count). The van der Waals surface area contributed by atoms with E-state index in [1.165, 1.54) is 0 Å². The number of rotatable bonds is 6. The SMILES string of the molecule is Cc1ccc(C2CC23C(=O)N(CC2CC2)c2cc(Cl)c(-c4ccc(-c5ccncc5)cc4)cc23)cc1C(=O)O. The second-order valence-electron chi connectivity index (χ2n) is 11.1. The highest BCUT2D eigenvalue weighted by molar-refractivity contribution is 6.34. The Bertz CT molecular complexity index is 1650. The van der Waals surface area contributed by atoms with E-state index in [0.29, 0.717) is 29.5 Å². The molecule has 2 atom stereocenters. The van der Waals surface area contributed by atoms with Crippen LogP contribution in [0.25, 0.3) is 22.3 Å². The predicted octanol–water partition coefficient (Wildman–Crippen LogP) is 7.26. The zero-order chi connectivity index (χ0) is 26.9. The van der Waals surface area contributed by atoms with Crippen molar-refractivity contribution >= 4 is 29.2 Å². The molecule has 1 N–H and O–H groups in total. The van der Waals surface area contributed by atoms with E-state index in [2.05, 4.69) is 35.3 Å². The van der Waals surface area contributed by atoms with Gasteiger partial charge in [0.1, 0.15) is 0 Å². The second-order valence-corrected chi connectivity index (χ2v) is 11.5. The number of carbonyl (C=O) groups excluding carboxylic acids is 1. The maximum absolute atomic E-state index is 14.1. The average molecular weight is 535 g/mol. The normalized spacial score (nSPS) is 21.3. The molecule has 39 heavy (non-hydrogen) atoms. The van der Waals surface area contributed by atoms with Crippen molar-refractivity contribution in [2.45, 2.75) is 37.5 Å². The number of aromatic nitrogens is 1. The first-order valence-electron chi connectivity index (χ1n) is 13.4. The molecule has 0 saturated heterocycles. The number of carboxylic acid groups (broad SMARTS) is 1. The molecule has 1 spiro atoms. The number of benzene rings is 3. The molecule has 0 radical (unpaired) electrons. The fraction of sp³-hybridized carbons (Fsp3) is 0.242. The van der Waals surface area contributed by atoms with E-state index in [4.69, 9.17) is 11.6 Å². The summed E-state index contributed by atoms with van der Waals surface area (Å²) in [6.07, 6.45) is 6.52. The summed E-state index contributed by atoms with van der Waals surface area (Å²) in [7, 11) is 0. The molecule has 6 heteroatoms. The van der Waals surface area contributed by atoms with E-state index < -0.39 is 11.4 Å². The van der Waals surface area contributed by atoms with E-state index in [1.54, 1.807) is 25.4 Å². The van der Waals surface area contributed by atoms with Gasteiger partial charge in [-0.3, -0.25) is 9.78 Å². The van der Waals surface area contributed by atoms with Crippen LogP contribution in [0.5, 0.6) is 0 Å². The summed E-state index contributed by atoms with van der Waals surface area (Å²) < 4.78 is 0. The Morgan fingerprint density at radius 2 is 1.69 bits per heavy atom. The molecular formula is C33H27ClN2O3. The number of aryl methyl sites for hydroxylation is 1. The fourth-order valence-electron chi connectivity index (χ4n) is 6.24. The van der Waals surface area contributed by atoms with E-state index in [1.807, 2.05) is 35.2 Å². The lowest BCUT2D eigenvalue weighted by molar-refractivity contribution is -0.120. The number of fused-ring (bicyclic) bond motifs is 2. The minimum atomic E-state index is -0.943. The Hall–Kier alpha value is -3.96. The maximum atomic E-state index is 14.1. The van der Waals surface area contributed by atoms with Crippen molar-refractivity contribution < 1.29 is 14.7 Å². The van der Waals surface area contributed by atoms with Gasteiger partial charge in [0.25, 0.3) is 0 Å². The lowest BCUT2D eigenvalue weighted by Crippen LogP contribution is -2.34. The van der Waals surface area contributed by atoms with Gasteiger partial charge >= 0.3 is 5.97 Å². The van der Waals surface area contributed by atoms with Crippen molar-refractivity contribution in [2.24, 2.45) is 5.92 Å². The molecule has 194 valence electrons. The van der Waals surface area contributed by atoms with Crippen LogP contribution in [0.4, 0.5) is 5.69 Å². The first kappa shape index (κ1) is 24.1. The standard InChI is InChI=1S/C33H27ClN2O3/c1-19-2-5-24(14-25(19)31(37)38)28-17-33(28)27-15-26(23-8-6-21(7-9-23)22-10-12-35-13-11-22)29(34)16-30(27)36(32(33)39)18-20-3-4-20/h2,5-16,20,28H,3-4,17-18H2,1H3,(H,37,38). The number of amides is 1. The van der Waals surface area contributed by atoms with Crippen LogP contribution in [0.15, 0.2) is 79.1 Å². The Balaban J connectivity index is 1.31. The average Bonchev–Trinajstić information content (AvgIpc) is 3.87. The Morgan fingerprint density at radius 3 is 2.38 bits per heavy atom. The third-order valence-electron chi connectivity index (χ3n) is 8.69. The number of hydrogen-bond acceptors (Lipinski definition) is 3. The van der Waals surface area contributed by atoms with Gasteiger partial charge < -0.3 is 10.0 Å². The minimum absolute atomic E-state index is 0.0604. The van der Waals surface area contributed by atoms with Gasteiger partial charge in [-0.2, -0.15) is 0 Å². The molecule has 1 amide bonds. The fourth-order valence-corrected chi connectivity index (χ4v) is 6.51. The molecular weight excluding hydrogens is 508 g/mol. The van der Waals surface area contributed by atoms with Gasteiger partial charge in [0, 0.05) is 36.1 Å². The molecule has 2 unspecified atom stereocenters. The van der Waals surface area contributed by atoms with Crippen LogP contribution >= 0.6 is 11.6 Å². The van der Waals surface area contributed by atoms with Crippen LogP contribution in [0.2, 0.25) is 5.02 Å².